The molecule has 31 heavy (non-hydrogen) atoms. The van der Waals surface area contributed by atoms with Crippen molar-refractivity contribution in [3.05, 3.63) is 56.4 Å². The average molecular weight is 440 g/mol. The normalized spacial score (nSPS) is 13.1. The molecule has 0 spiro atoms. The molecule has 0 atom stereocenters. The Labute approximate surface area is 184 Å². The molecule has 0 aliphatic heterocycles. The molecular weight excluding hydrogens is 414 g/mol. The molecule has 0 saturated carbocycles. The van der Waals surface area contributed by atoms with Crippen molar-refractivity contribution in [3.8, 4) is 0 Å². The monoisotopic (exact) mass is 439 g/mol. The first-order valence-corrected chi connectivity index (χ1v) is 11.3. The SMILES string of the molecule is Cc1cc(C)cc(NC(=O)COC(=O)CCn2cnc3sc4c(c3c2=O)CCCC4)c1. The lowest BCUT2D eigenvalue weighted by Gasteiger charge is -2.10. The van der Waals surface area contributed by atoms with Gasteiger partial charge in [0, 0.05) is 17.1 Å². The number of thiophene rings is 1. The van der Waals surface area contributed by atoms with Gasteiger partial charge in [0.25, 0.3) is 11.5 Å². The Bertz CT molecular complexity index is 1190. The average Bonchev–Trinajstić information content (AvgIpc) is 3.10. The largest absolute Gasteiger partial charge is 0.456 e. The predicted octanol–water partition coefficient (Wildman–Crippen LogP) is 3.53. The lowest BCUT2D eigenvalue weighted by Crippen LogP contribution is -2.24. The van der Waals surface area contributed by atoms with Crippen molar-refractivity contribution in [2.75, 3.05) is 11.9 Å². The molecule has 1 aromatic carbocycles. The molecule has 4 rings (SSSR count). The number of nitrogens with zero attached hydrogens (tertiary/aromatic N) is 2. The molecule has 1 aliphatic rings. The molecule has 1 aliphatic carbocycles. The summed E-state index contributed by atoms with van der Waals surface area (Å²) in [6.07, 6.45) is 5.64. The van der Waals surface area contributed by atoms with Crippen LogP contribution >= 0.6 is 11.3 Å². The van der Waals surface area contributed by atoms with Gasteiger partial charge in [0.2, 0.25) is 0 Å². The van der Waals surface area contributed by atoms with Crippen LogP contribution in [0.4, 0.5) is 5.69 Å². The summed E-state index contributed by atoms with van der Waals surface area (Å²) in [6, 6.07) is 5.71. The maximum atomic E-state index is 12.9. The van der Waals surface area contributed by atoms with E-state index in [1.165, 1.54) is 15.8 Å². The number of carbonyl (C=O) groups is 2. The summed E-state index contributed by atoms with van der Waals surface area (Å²) in [5, 5.41) is 3.43. The Kier molecular flexibility index (Phi) is 6.18. The number of benzene rings is 1. The number of hydrogen-bond donors (Lipinski definition) is 1. The van der Waals surface area contributed by atoms with Crippen LogP contribution in [0.2, 0.25) is 0 Å². The maximum Gasteiger partial charge on any atom is 0.308 e. The van der Waals surface area contributed by atoms with E-state index in [1.54, 1.807) is 11.3 Å². The minimum atomic E-state index is -0.532. The highest BCUT2D eigenvalue weighted by atomic mass is 32.1. The Balaban J connectivity index is 1.33. The van der Waals surface area contributed by atoms with Crippen LogP contribution in [0.3, 0.4) is 0 Å². The zero-order chi connectivity index (χ0) is 22.0. The lowest BCUT2D eigenvalue weighted by molar-refractivity contribution is -0.147. The Hall–Kier alpha value is -3.00. The van der Waals surface area contributed by atoms with E-state index in [4.69, 9.17) is 4.74 Å². The molecular formula is C23H25N3O4S. The third kappa shape index (κ3) is 4.85. The molecule has 0 bridgehead atoms. The second-order valence-electron chi connectivity index (χ2n) is 7.97. The van der Waals surface area contributed by atoms with E-state index in [9.17, 15) is 14.4 Å². The van der Waals surface area contributed by atoms with Crippen molar-refractivity contribution in [2.45, 2.75) is 52.5 Å². The minimum absolute atomic E-state index is 0.00372. The minimum Gasteiger partial charge on any atom is -0.456 e. The molecule has 3 aromatic rings. The highest BCUT2D eigenvalue weighted by Gasteiger charge is 2.20. The zero-order valence-corrected chi connectivity index (χ0v) is 18.5. The summed E-state index contributed by atoms with van der Waals surface area (Å²) in [4.78, 5) is 43.5. The van der Waals surface area contributed by atoms with Gasteiger partial charge < -0.3 is 10.1 Å². The first-order chi connectivity index (χ1) is 14.9. The van der Waals surface area contributed by atoms with Gasteiger partial charge in [0.1, 0.15) is 4.83 Å². The third-order valence-corrected chi connectivity index (χ3v) is 6.57. The van der Waals surface area contributed by atoms with Crippen LogP contribution in [-0.4, -0.2) is 28.0 Å². The molecule has 162 valence electrons. The van der Waals surface area contributed by atoms with Gasteiger partial charge in [0.15, 0.2) is 6.61 Å². The number of carbonyl (C=O) groups excluding carboxylic acids is 2. The van der Waals surface area contributed by atoms with Gasteiger partial charge in [-0.05, 0) is 68.4 Å². The highest BCUT2D eigenvalue weighted by Crippen LogP contribution is 2.33. The van der Waals surface area contributed by atoms with Crippen molar-refractivity contribution in [1.29, 1.82) is 0 Å². The fraction of sp³-hybridized carbons (Fsp3) is 0.391. The van der Waals surface area contributed by atoms with Crippen molar-refractivity contribution >= 4 is 39.1 Å². The molecule has 1 N–H and O–H groups in total. The number of aromatic nitrogens is 2. The van der Waals surface area contributed by atoms with E-state index in [0.29, 0.717) is 11.1 Å². The van der Waals surface area contributed by atoms with Gasteiger partial charge in [-0.3, -0.25) is 19.0 Å². The Morgan fingerprint density at radius 3 is 2.68 bits per heavy atom. The summed E-state index contributed by atoms with van der Waals surface area (Å²) in [5.41, 5.74) is 3.77. The fourth-order valence-corrected chi connectivity index (χ4v) is 5.23. The second kappa shape index (κ2) is 9.01. The summed E-state index contributed by atoms with van der Waals surface area (Å²) < 4.78 is 6.54. The van der Waals surface area contributed by atoms with Crippen LogP contribution in [0.15, 0.2) is 29.3 Å². The van der Waals surface area contributed by atoms with Crippen LogP contribution in [0.1, 0.15) is 40.8 Å². The number of fused-ring (bicyclic) bond motifs is 3. The number of aryl methyl sites for hydroxylation is 5. The van der Waals surface area contributed by atoms with E-state index >= 15 is 0 Å². The van der Waals surface area contributed by atoms with Crippen molar-refractivity contribution in [3.63, 3.8) is 0 Å². The topological polar surface area (TPSA) is 90.3 Å². The van der Waals surface area contributed by atoms with Gasteiger partial charge in [-0.25, -0.2) is 4.98 Å². The first kappa shape index (κ1) is 21.2. The second-order valence-corrected chi connectivity index (χ2v) is 9.05. The molecule has 0 fully saturated rings. The van der Waals surface area contributed by atoms with Crippen molar-refractivity contribution in [2.24, 2.45) is 0 Å². The molecule has 8 heteroatoms. The predicted molar refractivity (Wildman–Crippen MR) is 121 cm³/mol. The number of esters is 1. The standard InChI is InChI=1S/C23H25N3O4S/c1-14-9-15(2)11-16(10-14)25-19(27)12-30-20(28)7-8-26-13-24-22-21(23(26)29)17-5-3-4-6-18(17)31-22/h9-11,13H,3-8,12H2,1-2H3,(H,25,27). The van der Waals surface area contributed by atoms with E-state index in [0.717, 1.165) is 47.2 Å². The number of nitrogens with one attached hydrogen (secondary N) is 1. The maximum absolute atomic E-state index is 12.9. The number of rotatable bonds is 6. The van der Waals surface area contributed by atoms with Crippen LogP contribution in [-0.2, 0) is 33.7 Å². The Morgan fingerprint density at radius 1 is 1.16 bits per heavy atom. The van der Waals surface area contributed by atoms with Crippen LogP contribution in [0, 0.1) is 13.8 Å². The summed E-state index contributed by atoms with van der Waals surface area (Å²) >= 11 is 1.60. The molecule has 2 aromatic heterocycles. The number of hydrogen-bond acceptors (Lipinski definition) is 6. The molecule has 0 radical (unpaired) electrons. The van der Waals surface area contributed by atoms with Gasteiger partial charge >= 0.3 is 5.97 Å². The van der Waals surface area contributed by atoms with Gasteiger partial charge in [-0.15, -0.1) is 11.3 Å². The smallest absolute Gasteiger partial charge is 0.308 e. The number of ether oxygens (including phenoxy) is 1. The van der Waals surface area contributed by atoms with Gasteiger partial charge in [-0.1, -0.05) is 6.07 Å². The quantitative estimate of drug-likeness (QED) is 0.594. The van der Waals surface area contributed by atoms with Crippen molar-refractivity contribution in [1.82, 2.24) is 9.55 Å². The molecule has 7 nitrogen and oxygen atoms in total. The van der Waals surface area contributed by atoms with E-state index in [1.807, 2.05) is 32.0 Å². The number of anilines is 1. The van der Waals surface area contributed by atoms with E-state index in [-0.39, 0.29) is 25.1 Å². The molecule has 2 heterocycles. The summed E-state index contributed by atoms with van der Waals surface area (Å²) in [7, 11) is 0. The van der Waals surface area contributed by atoms with Gasteiger partial charge in [0.05, 0.1) is 18.1 Å². The molecule has 0 unspecified atom stereocenters. The Morgan fingerprint density at radius 2 is 1.90 bits per heavy atom. The van der Waals surface area contributed by atoms with Gasteiger partial charge in [-0.2, -0.15) is 0 Å². The van der Waals surface area contributed by atoms with Crippen LogP contribution in [0.25, 0.3) is 10.2 Å². The first-order valence-electron chi connectivity index (χ1n) is 10.4. The number of amides is 1. The fourth-order valence-electron chi connectivity index (χ4n) is 4.01. The zero-order valence-electron chi connectivity index (χ0n) is 17.7. The molecule has 0 saturated heterocycles. The van der Waals surface area contributed by atoms with Crippen LogP contribution in [0.5, 0.6) is 0 Å². The van der Waals surface area contributed by atoms with E-state index in [2.05, 4.69) is 10.3 Å². The summed E-state index contributed by atoms with van der Waals surface area (Å²) in [6.45, 7) is 3.70. The van der Waals surface area contributed by atoms with Crippen LogP contribution < -0.4 is 10.9 Å². The molecule has 1 amide bonds. The summed E-state index contributed by atoms with van der Waals surface area (Å²) in [5.74, 6) is -0.932. The van der Waals surface area contributed by atoms with Crippen molar-refractivity contribution < 1.29 is 14.3 Å². The van der Waals surface area contributed by atoms with E-state index < -0.39 is 11.9 Å². The highest BCUT2D eigenvalue weighted by molar-refractivity contribution is 7.18. The third-order valence-electron chi connectivity index (χ3n) is 5.37. The lowest BCUT2D eigenvalue weighted by atomic mass is 9.97.